The highest BCUT2D eigenvalue weighted by Crippen LogP contribution is 2.30. The number of hydrogen-bond donors (Lipinski definition) is 1. The van der Waals surface area contributed by atoms with Gasteiger partial charge in [0.2, 0.25) is 0 Å². The minimum Gasteiger partial charge on any atom is -0.405 e. The lowest BCUT2D eigenvalue weighted by Gasteiger charge is -2.13. The van der Waals surface area contributed by atoms with E-state index < -0.39 is 6.36 Å². The summed E-state index contributed by atoms with van der Waals surface area (Å²) >= 11 is 5.44. The third-order valence-corrected chi connectivity index (χ3v) is 1.80. The fraction of sp³-hybridized carbons (Fsp3) is 0.250. The maximum absolute atomic E-state index is 11.9. The lowest BCUT2D eigenvalue weighted by Crippen LogP contribution is -2.18. The number of ether oxygens (including phenoxy) is 1. The topological polar surface area (TPSA) is 35.2 Å². The molecule has 1 rings (SSSR count). The van der Waals surface area contributed by atoms with Crippen molar-refractivity contribution >= 4 is 17.3 Å². The van der Waals surface area contributed by atoms with E-state index in [0.29, 0.717) is 0 Å². The van der Waals surface area contributed by atoms with Crippen molar-refractivity contribution < 1.29 is 17.9 Å². The zero-order valence-electron chi connectivity index (χ0n) is 6.94. The standard InChI is InChI=1S/C8H7ClF3NO/c9-4-5-6(13)2-1-3-7(5)14-8(10,11)12/h1-3H,4,13H2. The van der Waals surface area contributed by atoms with Crippen LogP contribution in [0.1, 0.15) is 5.56 Å². The molecule has 0 radical (unpaired) electrons. The molecular formula is C8H7ClF3NO. The van der Waals surface area contributed by atoms with Gasteiger partial charge >= 0.3 is 6.36 Å². The predicted octanol–water partition coefficient (Wildman–Crippen LogP) is 2.91. The summed E-state index contributed by atoms with van der Waals surface area (Å²) in [5.41, 5.74) is 5.75. The number of benzene rings is 1. The van der Waals surface area contributed by atoms with Crippen molar-refractivity contribution in [1.29, 1.82) is 0 Å². The summed E-state index contributed by atoms with van der Waals surface area (Å²) < 4.78 is 39.4. The molecule has 14 heavy (non-hydrogen) atoms. The Morgan fingerprint density at radius 1 is 1.36 bits per heavy atom. The normalized spacial score (nSPS) is 11.4. The molecule has 2 nitrogen and oxygen atoms in total. The Bertz CT molecular complexity index is 327. The molecule has 0 aliphatic rings. The van der Waals surface area contributed by atoms with E-state index in [2.05, 4.69) is 4.74 Å². The molecule has 0 aromatic heterocycles. The molecule has 0 atom stereocenters. The van der Waals surface area contributed by atoms with Crippen LogP contribution in [-0.4, -0.2) is 6.36 Å². The van der Waals surface area contributed by atoms with Crippen molar-refractivity contribution in [3.63, 3.8) is 0 Å². The van der Waals surface area contributed by atoms with Crippen LogP contribution in [0, 0.1) is 0 Å². The largest absolute Gasteiger partial charge is 0.573 e. The molecule has 0 saturated carbocycles. The zero-order valence-corrected chi connectivity index (χ0v) is 7.69. The quantitative estimate of drug-likeness (QED) is 0.621. The van der Waals surface area contributed by atoms with Crippen LogP contribution in [0.5, 0.6) is 5.75 Å². The molecule has 1 aromatic rings. The molecule has 2 N–H and O–H groups in total. The predicted molar refractivity (Wildman–Crippen MR) is 47.1 cm³/mol. The van der Waals surface area contributed by atoms with E-state index in [1.807, 2.05) is 0 Å². The van der Waals surface area contributed by atoms with Crippen molar-refractivity contribution in [3.8, 4) is 5.75 Å². The molecule has 0 aliphatic carbocycles. The van der Waals surface area contributed by atoms with Crippen molar-refractivity contribution in [2.75, 3.05) is 5.73 Å². The van der Waals surface area contributed by atoms with E-state index in [9.17, 15) is 13.2 Å². The van der Waals surface area contributed by atoms with Crippen LogP contribution in [0.2, 0.25) is 0 Å². The van der Waals surface area contributed by atoms with Gasteiger partial charge in [-0.2, -0.15) is 0 Å². The Kier molecular flexibility index (Phi) is 3.10. The van der Waals surface area contributed by atoms with E-state index in [1.54, 1.807) is 0 Å². The molecule has 0 saturated heterocycles. The van der Waals surface area contributed by atoms with Gasteiger partial charge in [-0.15, -0.1) is 24.8 Å². The lowest BCUT2D eigenvalue weighted by atomic mass is 10.2. The number of nitrogens with two attached hydrogens (primary N) is 1. The number of rotatable bonds is 2. The Morgan fingerprint density at radius 2 is 2.00 bits per heavy atom. The first kappa shape index (κ1) is 11.0. The van der Waals surface area contributed by atoms with Crippen LogP contribution < -0.4 is 10.5 Å². The lowest BCUT2D eigenvalue weighted by molar-refractivity contribution is -0.274. The van der Waals surface area contributed by atoms with Gasteiger partial charge in [-0.1, -0.05) is 6.07 Å². The van der Waals surface area contributed by atoms with Gasteiger partial charge in [0, 0.05) is 11.3 Å². The molecule has 1 aromatic carbocycles. The second-order valence-corrected chi connectivity index (χ2v) is 2.77. The molecule has 0 amide bonds. The summed E-state index contributed by atoms with van der Waals surface area (Å²) in [6.07, 6.45) is -4.73. The number of anilines is 1. The van der Waals surface area contributed by atoms with Crippen molar-refractivity contribution in [1.82, 2.24) is 0 Å². The number of nitrogen functional groups attached to an aromatic ring is 1. The minimum atomic E-state index is -4.73. The van der Waals surface area contributed by atoms with E-state index in [1.165, 1.54) is 18.2 Å². The van der Waals surface area contributed by atoms with Crippen molar-refractivity contribution in [2.24, 2.45) is 0 Å². The van der Waals surface area contributed by atoms with Gasteiger partial charge in [-0.05, 0) is 12.1 Å². The van der Waals surface area contributed by atoms with Crippen LogP contribution in [-0.2, 0) is 5.88 Å². The van der Waals surface area contributed by atoms with Gasteiger partial charge in [-0.3, -0.25) is 0 Å². The van der Waals surface area contributed by atoms with E-state index in [4.69, 9.17) is 17.3 Å². The third kappa shape index (κ3) is 2.70. The fourth-order valence-corrected chi connectivity index (χ4v) is 1.23. The smallest absolute Gasteiger partial charge is 0.405 e. The zero-order chi connectivity index (χ0) is 10.8. The molecule has 0 unspecified atom stereocenters. The maximum Gasteiger partial charge on any atom is 0.573 e. The maximum atomic E-state index is 11.9. The van der Waals surface area contributed by atoms with Gasteiger partial charge in [0.05, 0.1) is 5.88 Å². The summed E-state index contributed by atoms with van der Waals surface area (Å²) in [7, 11) is 0. The molecule has 0 bridgehead atoms. The average molecular weight is 226 g/mol. The highest BCUT2D eigenvalue weighted by atomic mass is 35.5. The first-order valence-electron chi connectivity index (χ1n) is 3.63. The second kappa shape index (κ2) is 3.96. The summed E-state index contributed by atoms with van der Waals surface area (Å²) in [6.45, 7) is 0. The number of halogens is 4. The van der Waals surface area contributed by atoms with Crippen LogP contribution in [0.15, 0.2) is 18.2 Å². The molecule has 0 heterocycles. The Balaban J connectivity index is 3.02. The van der Waals surface area contributed by atoms with Gasteiger partial charge in [0.1, 0.15) is 5.75 Å². The van der Waals surface area contributed by atoms with Gasteiger partial charge < -0.3 is 10.5 Å². The SMILES string of the molecule is Nc1cccc(OC(F)(F)F)c1CCl. The average Bonchev–Trinajstić information content (AvgIpc) is 2.01. The van der Waals surface area contributed by atoms with Crippen LogP contribution in [0.3, 0.4) is 0 Å². The van der Waals surface area contributed by atoms with Crippen LogP contribution in [0.25, 0.3) is 0 Å². The third-order valence-electron chi connectivity index (χ3n) is 1.53. The first-order chi connectivity index (χ1) is 6.44. The summed E-state index contributed by atoms with van der Waals surface area (Å²) in [4.78, 5) is 0. The first-order valence-corrected chi connectivity index (χ1v) is 4.16. The van der Waals surface area contributed by atoms with Crippen molar-refractivity contribution in [3.05, 3.63) is 23.8 Å². The highest BCUT2D eigenvalue weighted by molar-refractivity contribution is 6.17. The summed E-state index contributed by atoms with van der Waals surface area (Å²) in [6, 6.07) is 4.00. The van der Waals surface area contributed by atoms with Crippen LogP contribution >= 0.6 is 11.6 Å². The molecule has 0 aliphatic heterocycles. The fourth-order valence-electron chi connectivity index (χ4n) is 0.946. The van der Waals surface area contributed by atoms with Gasteiger partial charge in [0.15, 0.2) is 0 Å². The Morgan fingerprint density at radius 3 is 2.50 bits per heavy atom. The van der Waals surface area contributed by atoms with Gasteiger partial charge in [0.25, 0.3) is 0 Å². The van der Waals surface area contributed by atoms with Crippen molar-refractivity contribution in [2.45, 2.75) is 12.2 Å². The monoisotopic (exact) mass is 225 g/mol. The molecular weight excluding hydrogens is 219 g/mol. The van der Waals surface area contributed by atoms with E-state index >= 15 is 0 Å². The molecule has 6 heteroatoms. The van der Waals surface area contributed by atoms with E-state index in [0.717, 1.165) is 0 Å². The second-order valence-electron chi connectivity index (χ2n) is 2.51. The van der Waals surface area contributed by atoms with E-state index in [-0.39, 0.29) is 22.9 Å². The Hall–Kier alpha value is -1.10. The summed E-state index contributed by atoms with van der Waals surface area (Å²) in [5.74, 6) is -0.481. The van der Waals surface area contributed by atoms with Gasteiger partial charge in [-0.25, -0.2) is 0 Å². The summed E-state index contributed by atoms with van der Waals surface area (Å²) in [5, 5.41) is 0. The van der Waals surface area contributed by atoms with Crippen LogP contribution in [0.4, 0.5) is 18.9 Å². The molecule has 0 fully saturated rings. The molecule has 78 valence electrons. The number of alkyl halides is 4. The molecule has 0 spiro atoms. The minimum absolute atomic E-state index is 0.127. The Labute approximate surface area is 83.4 Å². The number of hydrogen-bond acceptors (Lipinski definition) is 2. The highest BCUT2D eigenvalue weighted by Gasteiger charge is 2.32.